The van der Waals surface area contributed by atoms with E-state index in [1.807, 2.05) is 18.2 Å². The van der Waals surface area contributed by atoms with Crippen molar-refractivity contribution >= 4 is 11.8 Å². The second kappa shape index (κ2) is 5.67. The van der Waals surface area contributed by atoms with Crippen LogP contribution in [0.4, 0.5) is 0 Å². The molecule has 0 spiro atoms. The van der Waals surface area contributed by atoms with Crippen LogP contribution in [0.3, 0.4) is 0 Å². The van der Waals surface area contributed by atoms with Gasteiger partial charge in [-0.2, -0.15) is 0 Å². The zero-order valence-corrected chi connectivity index (χ0v) is 10.3. The third-order valence-corrected chi connectivity index (χ3v) is 3.48. The maximum atomic E-state index is 11.4. The topological polar surface area (TPSA) is 63.4 Å². The Kier molecular flexibility index (Phi) is 3.97. The molecule has 1 aromatic rings. The molecule has 1 fully saturated rings. The van der Waals surface area contributed by atoms with Gasteiger partial charge in [0.1, 0.15) is 0 Å². The highest BCUT2D eigenvalue weighted by Gasteiger charge is 2.25. The van der Waals surface area contributed by atoms with Crippen LogP contribution in [-0.4, -0.2) is 29.8 Å². The molecule has 1 saturated heterocycles. The van der Waals surface area contributed by atoms with E-state index in [1.165, 1.54) is 5.56 Å². The number of hydrogen-bond acceptors (Lipinski definition) is 2. The van der Waals surface area contributed by atoms with Gasteiger partial charge in [-0.05, 0) is 30.7 Å². The molecule has 2 amide bonds. The lowest BCUT2D eigenvalue weighted by molar-refractivity contribution is -0.145. The number of rotatable bonds is 2. The fourth-order valence-corrected chi connectivity index (χ4v) is 2.44. The zero-order valence-electron chi connectivity index (χ0n) is 10.3. The highest BCUT2D eigenvalue weighted by molar-refractivity contribution is 6.34. The maximum Gasteiger partial charge on any atom is 0.311 e. The van der Waals surface area contributed by atoms with Gasteiger partial charge in [-0.25, -0.2) is 0 Å². The molecule has 2 rings (SSSR count). The van der Waals surface area contributed by atoms with Crippen LogP contribution in [-0.2, 0) is 16.0 Å². The second-order valence-corrected chi connectivity index (χ2v) is 4.79. The molecule has 0 aliphatic carbocycles. The number of likely N-dealkylation sites (tertiary alicyclic amines) is 1. The van der Waals surface area contributed by atoms with Crippen molar-refractivity contribution in [2.45, 2.75) is 19.3 Å². The number of carbonyl (C=O) groups excluding carboxylic acids is 2. The van der Waals surface area contributed by atoms with E-state index in [0.29, 0.717) is 19.0 Å². The lowest BCUT2D eigenvalue weighted by atomic mass is 9.90. The molecule has 0 aromatic heterocycles. The number of nitrogens with two attached hydrogens (primary N) is 1. The molecule has 0 atom stereocenters. The number of benzene rings is 1. The molecule has 2 N–H and O–H groups in total. The summed E-state index contributed by atoms with van der Waals surface area (Å²) >= 11 is 0. The largest absolute Gasteiger partial charge is 0.361 e. The molecule has 1 aliphatic heterocycles. The van der Waals surface area contributed by atoms with E-state index >= 15 is 0 Å². The molecule has 0 bridgehead atoms. The lowest BCUT2D eigenvalue weighted by Crippen LogP contribution is -2.44. The van der Waals surface area contributed by atoms with Crippen LogP contribution < -0.4 is 5.73 Å². The maximum absolute atomic E-state index is 11.4. The van der Waals surface area contributed by atoms with Crippen LogP contribution in [0, 0.1) is 5.92 Å². The van der Waals surface area contributed by atoms with E-state index < -0.39 is 11.8 Å². The van der Waals surface area contributed by atoms with Crippen LogP contribution in [0.2, 0.25) is 0 Å². The third-order valence-electron chi connectivity index (χ3n) is 3.48. The van der Waals surface area contributed by atoms with E-state index in [0.717, 1.165) is 19.3 Å². The fourth-order valence-electron chi connectivity index (χ4n) is 2.44. The number of nitrogens with zero attached hydrogens (tertiary/aromatic N) is 1. The molecule has 0 saturated carbocycles. The summed E-state index contributed by atoms with van der Waals surface area (Å²) in [6.07, 6.45) is 2.92. The molecule has 0 radical (unpaired) electrons. The van der Waals surface area contributed by atoms with Crippen molar-refractivity contribution in [3.05, 3.63) is 35.9 Å². The summed E-state index contributed by atoms with van der Waals surface area (Å²) in [6.45, 7) is 1.28. The molecule has 1 heterocycles. The second-order valence-electron chi connectivity index (χ2n) is 4.79. The SMILES string of the molecule is NC(=O)C(=O)N1CCC(Cc2ccccc2)CC1. The molecule has 4 heteroatoms. The minimum Gasteiger partial charge on any atom is -0.361 e. The number of hydrogen-bond donors (Lipinski definition) is 1. The van der Waals surface area contributed by atoms with Crippen LogP contribution in [0.15, 0.2) is 30.3 Å². The quantitative estimate of drug-likeness (QED) is 0.790. The average Bonchev–Trinajstić information content (AvgIpc) is 2.40. The highest BCUT2D eigenvalue weighted by atomic mass is 16.2. The van der Waals surface area contributed by atoms with Crippen molar-refractivity contribution in [1.82, 2.24) is 4.90 Å². The van der Waals surface area contributed by atoms with Gasteiger partial charge < -0.3 is 10.6 Å². The van der Waals surface area contributed by atoms with E-state index in [9.17, 15) is 9.59 Å². The molecule has 18 heavy (non-hydrogen) atoms. The molecule has 96 valence electrons. The third kappa shape index (κ3) is 3.09. The average molecular weight is 246 g/mol. The highest BCUT2D eigenvalue weighted by Crippen LogP contribution is 2.21. The standard InChI is InChI=1S/C14H18N2O2/c15-13(17)14(18)16-8-6-12(7-9-16)10-11-4-2-1-3-5-11/h1-5,12H,6-10H2,(H2,15,17). The Balaban J connectivity index is 1.84. The summed E-state index contributed by atoms with van der Waals surface area (Å²) in [6, 6.07) is 10.3. The van der Waals surface area contributed by atoms with Crippen molar-refractivity contribution in [2.75, 3.05) is 13.1 Å². The Labute approximate surface area is 107 Å². The van der Waals surface area contributed by atoms with Gasteiger partial charge in [0.15, 0.2) is 0 Å². The van der Waals surface area contributed by atoms with Crippen molar-refractivity contribution < 1.29 is 9.59 Å². The summed E-state index contributed by atoms with van der Waals surface area (Å²) < 4.78 is 0. The Morgan fingerprint density at radius 2 is 1.78 bits per heavy atom. The summed E-state index contributed by atoms with van der Waals surface area (Å²) in [5.41, 5.74) is 6.33. The summed E-state index contributed by atoms with van der Waals surface area (Å²) in [7, 11) is 0. The van der Waals surface area contributed by atoms with Crippen LogP contribution in [0.25, 0.3) is 0 Å². The van der Waals surface area contributed by atoms with Crippen molar-refractivity contribution in [3.8, 4) is 0 Å². The molecular weight excluding hydrogens is 228 g/mol. The van der Waals surface area contributed by atoms with Gasteiger partial charge in [0.25, 0.3) is 0 Å². The number of carbonyl (C=O) groups is 2. The summed E-state index contributed by atoms with van der Waals surface area (Å²) in [5.74, 6) is -0.811. The lowest BCUT2D eigenvalue weighted by Gasteiger charge is -2.31. The molecular formula is C14H18N2O2. The van der Waals surface area contributed by atoms with Gasteiger partial charge in [0.2, 0.25) is 0 Å². The Hall–Kier alpha value is -1.84. The number of primary amides is 1. The van der Waals surface area contributed by atoms with Crippen molar-refractivity contribution in [1.29, 1.82) is 0 Å². The van der Waals surface area contributed by atoms with Gasteiger partial charge >= 0.3 is 11.8 Å². The van der Waals surface area contributed by atoms with E-state index in [2.05, 4.69) is 12.1 Å². The zero-order chi connectivity index (χ0) is 13.0. The van der Waals surface area contributed by atoms with Crippen LogP contribution in [0.1, 0.15) is 18.4 Å². The molecule has 4 nitrogen and oxygen atoms in total. The Morgan fingerprint density at radius 3 is 2.33 bits per heavy atom. The van der Waals surface area contributed by atoms with Gasteiger partial charge in [0, 0.05) is 13.1 Å². The minimum absolute atomic E-state index is 0.548. The van der Waals surface area contributed by atoms with Gasteiger partial charge in [-0.3, -0.25) is 9.59 Å². The Bertz CT molecular complexity index is 423. The van der Waals surface area contributed by atoms with Gasteiger partial charge in [-0.1, -0.05) is 30.3 Å². The molecule has 0 unspecified atom stereocenters. The smallest absolute Gasteiger partial charge is 0.311 e. The fraction of sp³-hybridized carbons (Fsp3) is 0.429. The first-order valence-corrected chi connectivity index (χ1v) is 6.29. The van der Waals surface area contributed by atoms with Crippen molar-refractivity contribution in [2.24, 2.45) is 11.7 Å². The van der Waals surface area contributed by atoms with Crippen LogP contribution in [0.5, 0.6) is 0 Å². The van der Waals surface area contributed by atoms with Gasteiger partial charge in [-0.15, -0.1) is 0 Å². The first kappa shape index (κ1) is 12.6. The number of piperidine rings is 1. The summed E-state index contributed by atoms with van der Waals surface area (Å²) in [5, 5.41) is 0. The van der Waals surface area contributed by atoms with Gasteiger partial charge in [0.05, 0.1) is 0 Å². The normalized spacial score (nSPS) is 16.6. The predicted octanol–water partition coefficient (Wildman–Crippen LogP) is 0.953. The first-order chi connectivity index (χ1) is 8.66. The Morgan fingerprint density at radius 1 is 1.17 bits per heavy atom. The predicted molar refractivity (Wildman–Crippen MR) is 68.6 cm³/mol. The number of amides is 2. The molecule has 1 aromatic carbocycles. The van der Waals surface area contributed by atoms with E-state index in [1.54, 1.807) is 4.90 Å². The first-order valence-electron chi connectivity index (χ1n) is 6.29. The van der Waals surface area contributed by atoms with E-state index in [4.69, 9.17) is 5.73 Å². The van der Waals surface area contributed by atoms with E-state index in [-0.39, 0.29) is 0 Å². The minimum atomic E-state index is -0.850. The monoisotopic (exact) mass is 246 g/mol. The summed E-state index contributed by atoms with van der Waals surface area (Å²) in [4.78, 5) is 23.8. The van der Waals surface area contributed by atoms with Crippen molar-refractivity contribution in [3.63, 3.8) is 0 Å². The molecule has 1 aliphatic rings. The van der Waals surface area contributed by atoms with Crippen LogP contribution >= 0.6 is 0 Å².